The highest BCUT2D eigenvalue weighted by Gasteiger charge is 2.56. The number of benzene rings is 2. The van der Waals surface area contributed by atoms with E-state index in [1.807, 2.05) is 0 Å². The molecule has 2 nitrogen and oxygen atoms in total. The average Bonchev–Trinajstić information content (AvgIpc) is 3.40. The van der Waals surface area contributed by atoms with E-state index < -0.39 is 0 Å². The van der Waals surface area contributed by atoms with Gasteiger partial charge in [-0.25, -0.2) is 0 Å². The summed E-state index contributed by atoms with van der Waals surface area (Å²) in [7, 11) is 0. The van der Waals surface area contributed by atoms with Crippen molar-refractivity contribution < 1.29 is 4.74 Å². The summed E-state index contributed by atoms with van der Waals surface area (Å²) in [4.78, 5) is 2.74. The van der Waals surface area contributed by atoms with Crippen LogP contribution in [-0.4, -0.2) is 23.7 Å². The van der Waals surface area contributed by atoms with E-state index in [9.17, 15) is 0 Å². The van der Waals surface area contributed by atoms with E-state index in [2.05, 4.69) is 71.6 Å². The fourth-order valence-corrected chi connectivity index (χ4v) is 6.99. The summed E-state index contributed by atoms with van der Waals surface area (Å²) in [6.45, 7) is 2.39. The van der Waals surface area contributed by atoms with Crippen molar-refractivity contribution in [1.29, 1.82) is 0 Å². The molecule has 2 heteroatoms. The fourth-order valence-electron chi connectivity index (χ4n) is 6.99. The molecule has 0 radical (unpaired) electrons. The Kier molecular flexibility index (Phi) is 5.43. The lowest BCUT2D eigenvalue weighted by atomic mass is 9.64. The molecule has 2 aromatic carbocycles. The van der Waals surface area contributed by atoms with Crippen LogP contribution in [0.15, 0.2) is 77.6 Å². The first-order valence-corrected chi connectivity index (χ1v) is 12.8. The van der Waals surface area contributed by atoms with Crippen LogP contribution in [0.1, 0.15) is 74.8 Å². The Morgan fingerprint density at radius 2 is 1.56 bits per heavy atom. The second kappa shape index (κ2) is 8.56. The van der Waals surface area contributed by atoms with Gasteiger partial charge in [0.05, 0.1) is 0 Å². The molecule has 6 rings (SSSR count). The van der Waals surface area contributed by atoms with Crippen molar-refractivity contribution in [3.8, 4) is 0 Å². The molecule has 0 N–H and O–H groups in total. The highest BCUT2D eigenvalue weighted by molar-refractivity contribution is 5.60. The predicted molar refractivity (Wildman–Crippen MR) is 131 cm³/mol. The summed E-state index contributed by atoms with van der Waals surface area (Å²) >= 11 is 0. The highest BCUT2D eigenvalue weighted by Crippen LogP contribution is 2.58. The van der Waals surface area contributed by atoms with Gasteiger partial charge in [0, 0.05) is 31.3 Å². The molecule has 3 atom stereocenters. The molecule has 0 amide bonds. The molecule has 1 saturated carbocycles. The smallest absolute Gasteiger partial charge is 0.167 e. The lowest BCUT2D eigenvalue weighted by Gasteiger charge is -2.56. The van der Waals surface area contributed by atoms with E-state index in [1.54, 1.807) is 5.57 Å². The third-order valence-corrected chi connectivity index (χ3v) is 8.35. The monoisotopic (exact) mass is 425 g/mol. The molecule has 4 aliphatic rings. The molecule has 32 heavy (non-hydrogen) atoms. The zero-order chi connectivity index (χ0) is 21.4. The van der Waals surface area contributed by atoms with Crippen LogP contribution in [-0.2, 0) is 4.74 Å². The number of ether oxygens (including phenoxy) is 1. The second-order valence-electron chi connectivity index (χ2n) is 10.2. The van der Waals surface area contributed by atoms with Gasteiger partial charge in [-0.3, -0.25) is 4.90 Å². The molecular weight excluding hydrogens is 390 g/mol. The molecule has 0 spiro atoms. The minimum Gasteiger partial charge on any atom is -0.472 e. The van der Waals surface area contributed by atoms with E-state index in [0.29, 0.717) is 11.8 Å². The van der Waals surface area contributed by atoms with Crippen molar-refractivity contribution in [2.75, 3.05) is 13.1 Å². The maximum absolute atomic E-state index is 7.34. The van der Waals surface area contributed by atoms with Crippen LogP contribution in [0, 0.1) is 5.92 Å². The Morgan fingerprint density at radius 3 is 2.34 bits per heavy atom. The van der Waals surface area contributed by atoms with Crippen LogP contribution in [0.4, 0.5) is 0 Å². The Balaban J connectivity index is 1.52. The zero-order valence-corrected chi connectivity index (χ0v) is 19.1. The number of rotatable bonds is 3. The lowest BCUT2D eigenvalue weighted by Crippen LogP contribution is -2.60. The minimum absolute atomic E-state index is 0.124. The summed E-state index contributed by atoms with van der Waals surface area (Å²) in [6, 6.07) is 22.2. The molecule has 2 aromatic rings. The van der Waals surface area contributed by atoms with Gasteiger partial charge >= 0.3 is 0 Å². The Hall–Kier alpha value is -2.32. The van der Waals surface area contributed by atoms with Gasteiger partial charge in [0.1, 0.15) is 5.76 Å². The van der Waals surface area contributed by atoms with E-state index in [0.717, 1.165) is 6.42 Å². The van der Waals surface area contributed by atoms with Crippen molar-refractivity contribution in [3.63, 3.8) is 0 Å². The quantitative estimate of drug-likeness (QED) is 0.511. The third-order valence-electron chi connectivity index (χ3n) is 8.35. The molecular formula is C30H35NO. The van der Waals surface area contributed by atoms with Crippen molar-refractivity contribution >= 4 is 6.08 Å². The van der Waals surface area contributed by atoms with E-state index in [4.69, 9.17) is 4.74 Å². The van der Waals surface area contributed by atoms with Gasteiger partial charge in [-0.05, 0) is 73.3 Å². The van der Waals surface area contributed by atoms with Crippen molar-refractivity contribution in [1.82, 2.24) is 4.90 Å². The second-order valence-corrected chi connectivity index (χ2v) is 10.2. The summed E-state index contributed by atoms with van der Waals surface area (Å²) in [6.07, 6.45) is 13.6. The maximum Gasteiger partial charge on any atom is 0.167 e. The van der Waals surface area contributed by atoms with Gasteiger partial charge in [-0.1, -0.05) is 67.1 Å². The standard InChI is InChI=1S/C30H35NO/c1-3-12-23(13-4-1)22-25-16-11-17-26-28(24-14-5-2-6-15-24)27-18-7-8-19-30(27,32-29(25)26)31-20-9-10-21-31/h1-6,12-15,22,27-28H,7-11,16-21H2. The molecule has 2 aliphatic carbocycles. The Morgan fingerprint density at radius 1 is 0.812 bits per heavy atom. The molecule has 2 heterocycles. The van der Waals surface area contributed by atoms with Crippen LogP contribution < -0.4 is 0 Å². The first-order chi connectivity index (χ1) is 15.9. The first-order valence-electron chi connectivity index (χ1n) is 12.8. The Bertz CT molecular complexity index is 1000. The SMILES string of the molecule is C(=C1CCCC2=C1OC1(N3CCCC3)CCCCC1C2c1ccccc1)c1ccccc1. The van der Waals surface area contributed by atoms with Crippen LogP contribution in [0.3, 0.4) is 0 Å². The molecule has 3 unspecified atom stereocenters. The van der Waals surface area contributed by atoms with Gasteiger partial charge in [-0.15, -0.1) is 0 Å². The predicted octanol–water partition coefficient (Wildman–Crippen LogP) is 7.30. The Labute approximate surface area is 193 Å². The summed E-state index contributed by atoms with van der Waals surface area (Å²) in [5, 5.41) is 0. The van der Waals surface area contributed by atoms with E-state index in [-0.39, 0.29) is 5.72 Å². The van der Waals surface area contributed by atoms with Crippen LogP contribution in [0.2, 0.25) is 0 Å². The molecule has 2 fully saturated rings. The van der Waals surface area contributed by atoms with Gasteiger partial charge in [0.15, 0.2) is 5.72 Å². The average molecular weight is 426 g/mol. The molecule has 1 saturated heterocycles. The number of hydrogen-bond donors (Lipinski definition) is 0. The van der Waals surface area contributed by atoms with Gasteiger partial charge < -0.3 is 4.74 Å². The lowest BCUT2D eigenvalue weighted by molar-refractivity contribution is -0.190. The summed E-state index contributed by atoms with van der Waals surface area (Å²) in [5.74, 6) is 2.30. The largest absolute Gasteiger partial charge is 0.472 e. The van der Waals surface area contributed by atoms with Crippen molar-refractivity contribution in [2.45, 2.75) is 69.4 Å². The van der Waals surface area contributed by atoms with E-state index >= 15 is 0 Å². The van der Waals surface area contributed by atoms with Gasteiger partial charge in [-0.2, -0.15) is 0 Å². The highest BCUT2D eigenvalue weighted by atomic mass is 16.5. The number of nitrogens with zero attached hydrogens (tertiary/aromatic N) is 1. The maximum atomic E-state index is 7.34. The minimum atomic E-state index is -0.124. The zero-order valence-electron chi connectivity index (χ0n) is 19.1. The van der Waals surface area contributed by atoms with Crippen molar-refractivity contribution in [3.05, 3.63) is 88.7 Å². The van der Waals surface area contributed by atoms with Crippen LogP contribution in [0.5, 0.6) is 0 Å². The summed E-state index contributed by atoms with van der Waals surface area (Å²) < 4.78 is 7.34. The van der Waals surface area contributed by atoms with Crippen LogP contribution >= 0.6 is 0 Å². The van der Waals surface area contributed by atoms with Gasteiger partial charge in [0.25, 0.3) is 0 Å². The molecule has 2 aliphatic heterocycles. The molecule has 0 bridgehead atoms. The number of likely N-dealkylation sites (tertiary alicyclic amines) is 1. The van der Waals surface area contributed by atoms with Crippen LogP contribution in [0.25, 0.3) is 6.08 Å². The number of fused-ring (bicyclic) bond motifs is 1. The third kappa shape index (κ3) is 3.44. The summed E-state index contributed by atoms with van der Waals surface area (Å²) in [5.41, 5.74) is 5.66. The van der Waals surface area contributed by atoms with Gasteiger partial charge in [0.2, 0.25) is 0 Å². The number of hydrogen-bond acceptors (Lipinski definition) is 2. The topological polar surface area (TPSA) is 12.5 Å². The molecule has 0 aromatic heterocycles. The molecule has 166 valence electrons. The normalized spacial score (nSPS) is 31.8. The van der Waals surface area contributed by atoms with Crippen molar-refractivity contribution in [2.24, 2.45) is 5.92 Å². The number of allylic oxidation sites excluding steroid dienone is 2. The first kappa shape index (κ1) is 20.3. The van der Waals surface area contributed by atoms with E-state index in [1.165, 1.54) is 86.9 Å². The fraction of sp³-hybridized carbons (Fsp3) is 0.467.